The van der Waals surface area contributed by atoms with Gasteiger partial charge >= 0.3 is 0 Å². The van der Waals surface area contributed by atoms with E-state index in [1.54, 1.807) is 20.4 Å². The van der Waals surface area contributed by atoms with E-state index in [1.165, 1.54) is 5.56 Å². The van der Waals surface area contributed by atoms with E-state index in [9.17, 15) is 0 Å². The molecule has 0 radical (unpaired) electrons. The van der Waals surface area contributed by atoms with Crippen molar-refractivity contribution < 1.29 is 9.15 Å². The van der Waals surface area contributed by atoms with Crippen molar-refractivity contribution in [3.8, 4) is 17.2 Å². The Bertz CT molecular complexity index is 1050. The third kappa shape index (κ3) is 6.40. The van der Waals surface area contributed by atoms with E-state index in [-0.39, 0.29) is 24.0 Å². The van der Waals surface area contributed by atoms with Gasteiger partial charge in [0.05, 0.1) is 25.0 Å². The summed E-state index contributed by atoms with van der Waals surface area (Å²) in [5, 5.41) is 6.78. The minimum atomic E-state index is 0. The lowest BCUT2D eigenvalue weighted by Crippen LogP contribution is -2.40. The molecule has 8 heteroatoms. The van der Waals surface area contributed by atoms with E-state index >= 15 is 0 Å². The summed E-state index contributed by atoms with van der Waals surface area (Å²) >= 11 is 0. The number of aromatic nitrogens is 1. The van der Waals surface area contributed by atoms with Gasteiger partial charge in [0.1, 0.15) is 12.0 Å². The van der Waals surface area contributed by atoms with E-state index in [2.05, 4.69) is 56.7 Å². The summed E-state index contributed by atoms with van der Waals surface area (Å²) in [5.74, 6) is 2.86. The summed E-state index contributed by atoms with van der Waals surface area (Å²) in [6, 6.07) is 16.4. The molecule has 176 valence electrons. The molecule has 0 aliphatic carbocycles. The van der Waals surface area contributed by atoms with Crippen LogP contribution in [0.5, 0.6) is 5.75 Å². The van der Waals surface area contributed by atoms with Gasteiger partial charge < -0.3 is 24.7 Å². The van der Waals surface area contributed by atoms with Crippen molar-refractivity contribution in [2.45, 2.75) is 19.9 Å². The average Bonchev–Trinajstić information content (AvgIpc) is 3.50. The number of guanidine groups is 1. The van der Waals surface area contributed by atoms with Gasteiger partial charge in [0.25, 0.3) is 0 Å². The number of anilines is 1. The van der Waals surface area contributed by atoms with Crippen molar-refractivity contribution in [2.24, 2.45) is 10.9 Å². The Labute approximate surface area is 212 Å². The summed E-state index contributed by atoms with van der Waals surface area (Å²) in [6.07, 6.45) is 2.82. The second kappa shape index (κ2) is 11.9. The fourth-order valence-electron chi connectivity index (χ4n) is 3.96. The van der Waals surface area contributed by atoms with Gasteiger partial charge in [-0.1, -0.05) is 29.8 Å². The highest BCUT2D eigenvalue weighted by atomic mass is 127. The zero-order chi connectivity index (χ0) is 22.3. The van der Waals surface area contributed by atoms with Crippen LogP contribution >= 0.6 is 24.0 Å². The lowest BCUT2D eigenvalue weighted by atomic mass is 10.1. The molecule has 1 fully saturated rings. The number of nitrogens with zero attached hydrogens (tertiary/aromatic N) is 3. The van der Waals surface area contributed by atoms with Crippen LogP contribution in [-0.4, -0.2) is 44.7 Å². The van der Waals surface area contributed by atoms with Crippen molar-refractivity contribution in [3.63, 3.8) is 0 Å². The average molecular weight is 561 g/mol. The van der Waals surface area contributed by atoms with Crippen molar-refractivity contribution in [1.29, 1.82) is 0 Å². The van der Waals surface area contributed by atoms with Gasteiger partial charge in [-0.05, 0) is 43.5 Å². The molecule has 1 atom stereocenters. The highest BCUT2D eigenvalue weighted by molar-refractivity contribution is 14.0. The number of benzene rings is 2. The van der Waals surface area contributed by atoms with Crippen LogP contribution in [0.1, 0.15) is 17.7 Å². The number of hydrogen-bond donors (Lipinski definition) is 2. The Kier molecular flexibility index (Phi) is 8.99. The Morgan fingerprint density at radius 1 is 1.18 bits per heavy atom. The minimum absolute atomic E-state index is 0. The lowest BCUT2D eigenvalue weighted by Gasteiger charge is -2.21. The number of nitrogens with one attached hydrogen (secondary N) is 2. The molecule has 1 saturated heterocycles. The maximum Gasteiger partial charge on any atom is 0.226 e. The minimum Gasteiger partial charge on any atom is -0.495 e. The molecular weight excluding hydrogens is 529 g/mol. The van der Waals surface area contributed by atoms with Crippen LogP contribution in [0.25, 0.3) is 11.5 Å². The number of ether oxygens (including phenoxy) is 1. The number of hydrogen-bond acceptors (Lipinski definition) is 5. The highest BCUT2D eigenvalue weighted by Gasteiger charge is 2.24. The van der Waals surface area contributed by atoms with Crippen LogP contribution in [0.4, 0.5) is 5.69 Å². The van der Waals surface area contributed by atoms with Crippen molar-refractivity contribution in [1.82, 2.24) is 15.6 Å². The Morgan fingerprint density at radius 3 is 2.73 bits per heavy atom. The van der Waals surface area contributed by atoms with E-state index < -0.39 is 0 Å². The van der Waals surface area contributed by atoms with Crippen LogP contribution < -0.4 is 20.3 Å². The standard InChI is InChI=1S/C25H31N5O2.HI/c1-18-8-10-20(11-9-18)24-29-21(17-32-24)15-28-25(26-2)27-14-19-12-13-30(16-19)22-6-4-5-7-23(22)31-3;/h4-11,17,19H,12-16H2,1-3H3,(H2,26,27,28);1H. The summed E-state index contributed by atoms with van der Waals surface area (Å²) in [6.45, 7) is 5.49. The molecule has 1 aliphatic heterocycles. The molecule has 0 saturated carbocycles. The second-order valence-corrected chi connectivity index (χ2v) is 8.09. The number of aryl methyl sites for hydroxylation is 1. The SMILES string of the molecule is CN=C(NCc1coc(-c2ccc(C)cc2)n1)NCC1CCN(c2ccccc2OC)C1.I. The van der Waals surface area contributed by atoms with E-state index in [0.717, 1.165) is 54.7 Å². The molecule has 0 spiro atoms. The van der Waals surface area contributed by atoms with Gasteiger partial charge in [0.2, 0.25) is 5.89 Å². The first-order valence-electron chi connectivity index (χ1n) is 11.0. The second-order valence-electron chi connectivity index (χ2n) is 8.09. The number of halogens is 1. The zero-order valence-electron chi connectivity index (χ0n) is 19.4. The molecule has 0 amide bonds. The largest absolute Gasteiger partial charge is 0.495 e. The third-order valence-corrected chi connectivity index (χ3v) is 5.78. The first-order chi connectivity index (χ1) is 15.7. The van der Waals surface area contributed by atoms with Gasteiger partial charge in [0, 0.05) is 32.2 Å². The molecule has 1 unspecified atom stereocenters. The van der Waals surface area contributed by atoms with Crippen molar-refractivity contribution >= 4 is 35.6 Å². The number of oxazole rings is 1. The normalized spacial score (nSPS) is 15.8. The van der Waals surface area contributed by atoms with E-state index in [1.807, 2.05) is 24.3 Å². The molecule has 0 bridgehead atoms. The highest BCUT2D eigenvalue weighted by Crippen LogP contribution is 2.31. The summed E-state index contributed by atoms with van der Waals surface area (Å²) in [4.78, 5) is 11.3. The fourth-order valence-corrected chi connectivity index (χ4v) is 3.96. The Hall–Kier alpha value is -2.75. The van der Waals surface area contributed by atoms with E-state index in [4.69, 9.17) is 9.15 Å². The first-order valence-corrected chi connectivity index (χ1v) is 11.0. The predicted octanol–water partition coefficient (Wildman–Crippen LogP) is 4.47. The summed E-state index contributed by atoms with van der Waals surface area (Å²) in [5.41, 5.74) is 4.19. The molecule has 4 rings (SSSR count). The third-order valence-electron chi connectivity index (χ3n) is 5.78. The maximum absolute atomic E-state index is 5.64. The van der Waals surface area contributed by atoms with Crippen LogP contribution in [0.2, 0.25) is 0 Å². The zero-order valence-corrected chi connectivity index (χ0v) is 21.7. The summed E-state index contributed by atoms with van der Waals surface area (Å²) in [7, 11) is 3.51. The van der Waals surface area contributed by atoms with Crippen LogP contribution in [0, 0.1) is 12.8 Å². The van der Waals surface area contributed by atoms with Crippen molar-refractivity contribution in [2.75, 3.05) is 38.7 Å². The maximum atomic E-state index is 5.64. The first kappa shape index (κ1) is 24.9. The number of methoxy groups -OCH3 is 1. The van der Waals surface area contributed by atoms with Gasteiger partial charge in [0.15, 0.2) is 5.96 Å². The van der Waals surface area contributed by atoms with Crippen LogP contribution in [-0.2, 0) is 6.54 Å². The van der Waals surface area contributed by atoms with Gasteiger partial charge in [-0.25, -0.2) is 4.98 Å². The molecule has 3 aromatic rings. The van der Waals surface area contributed by atoms with Gasteiger partial charge in [-0.2, -0.15) is 0 Å². The topological polar surface area (TPSA) is 74.9 Å². The number of para-hydroxylation sites is 2. The Morgan fingerprint density at radius 2 is 1.97 bits per heavy atom. The number of aliphatic imine (C=N–C) groups is 1. The van der Waals surface area contributed by atoms with Crippen molar-refractivity contribution in [3.05, 3.63) is 66.1 Å². The Balaban J connectivity index is 0.00000306. The molecule has 2 aromatic carbocycles. The monoisotopic (exact) mass is 561 g/mol. The van der Waals surface area contributed by atoms with Crippen LogP contribution in [0.15, 0.2) is 64.2 Å². The fraction of sp³-hybridized carbons (Fsp3) is 0.360. The van der Waals surface area contributed by atoms with Gasteiger partial charge in [-0.3, -0.25) is 4.99 Å². The molecule has 7 nitrogen and oxygen atoms in total. The van der Waals surface area contributed by atoms with Gasteiger partial charge in [-0.15, -0.1) is 24.0 Å². The molecule has 1 aliphatic rings. The lowest BCUT2D eigenvalue weighted by molar-refractivity contribution is 0.414. The molecule has 33 heavy (non-hydrogen) atoms. The smallest absolute Gasteiger partial charge is 0.226 e. The quantitative estimate of drug-likeness (QED) is 0.252. The van der Waals surface area contributed by atoms with E-state index in [0.29, 0.717) is 18.4 Å². The molecular formula is C25H32IN5O2. The van der Waals surface area contributed by atoms with Crippen LogP contribution in [0.3, 0.4) is 0 Å². The summed E-state index contributed by atoms with van der Waals surface area (Å²) < 4.78 is 11.2. The molecule has 2 N–H and O–H groups in total. The molecule has 1 aromatic heterocycles. The number of rotatable bonds is 7. The predicted molar refractivity (Wildman–Crippen MR) is 144 cm³/mol. The molecule has 2 heterocycles.